The van der Waals surface area contributed by atoms with Gasteiger partial charge in [-0.25, -0.2) is 9.59 Å². The van der Waals surface area contributed by atoms with Gasteiger partial charge in [0.15, 0.2) is 12.0 Å². The van der Waals surface area contributed by atoms with Crippen LogP contribution in [0.1, 0.15) is 40.0 Å². The average molecular weight is 301 g/mol. The summed E-state index contributed by atoms with van der Waals surface area (Å²) in [5.74, 6) is -2.66. The molecule has 0 bridgehead atoms. The van der Waals surface area contributed by atoms with E-state index in [4.69, 9.17) is 24.5 Å². The molecule has 0 aromatic heterocycles. The largest absolute Gasteiger partial charge is 0.539 e. The van der Waals surface area contributed by atoms with Crippen LogP contribution < -0.4 is 10.4 Å². The maximum absolute atomic E-state index is 12.0. The second-order valence-electron chi connectivity index (χ2n) is 6.48. The Balaban J connectivity index is 0.000000315. The van der Waals surface area contributed by atoms with Gasteiger partial charge in [0, 0.05) is 11.8 Å². The molecule has 1 heterocycles. The molecule has 3 atom stereocenters. The van der Waals surface area contributed by atoms with Gasteiger partial charge in [-0.1, -0.05) is 6.42 Å². The molecule has 1 saturated carbocycles. The highest BCUT2D eigenvalue weighted by molar-refractivity contribution is 6.26. The Labute approximate surface area is 123 Å². The highest BCUT2D eigenvalue weighted by Crippen LogP contribution is 2.35. The zero-order valence-corrected chi connectivity index (χ0v) is 12.6. The van der Waals surface area contributed by atoms with Gasteiger partial charge < -0.3 is 25.1 Å². The van der Waals surface area contributed by atoms with Crippen molar-refractivity contribution in [2.24, 2.45) is 11.8 Å². The van der Waals surface area contributed by atoms with E-state index in [0.29, 0.717) is 5.92 Å². The number of esters is 1. The highest BCUT2D eigenvalue weighted by atomic mass is 16.6. The van der Waals surface area contributed by atoms with Gasteiger partial charge in [-0.15, -0.1) is 0 Å². The summed E-state index contributed by atoms with van der Waals surface area (Å²) in [6.07, 6.45) is 3.81. The minimum absolute atomic E-state index is 0.00287. The van der Waals surface area contributed by atoms with Crippen molar-refractivity contribution in [3.8, 4) is 0 Å². The third-order valence-corrected chi connectivity index (χ3v) is 3.73. The van der Waals surface area contributed by atoms with Crippen molar-refractivity contribution in [1.29, 1.82) is 0 Å². The number of ether oxygens (including phenoxy) is 1. The van der Waals surface area contributed by atoms with Crippen LogP contribution in [0.4, 0.5) is 0 Å². The maximum atomic E-state index is 12.0. The Morgan fingerprint density at radius 3 is 2.29 bits per heavy atom. The predicted molar refractivity (Wildman–Crippen MR) is 69.9 cm³/mol. The molecule has 2 rings (SSSR count). The zero-order valence-electron chi connectivity index (χ0n) is 12.6. The van der Waals surface area contributed by atoms with E-state index in [1.807, 2.05) is 20.8 Å². The molecule has 7 heteroatoms. The third kappa shape index (κ3) is 5.34. The number of carboxylic acids is 2. The first kappa shape index (κ1) is 17.4. The van der Waals surface area contributed by atoms with E-state index in [2.05, 4.69) is 5.32 Å². The molecule has 120 valence electrons. The molecule has 3 unspecified atom stereocenters. The molecule has 1 saturated heterocycles. The number of hydrogen-bond acceptors (Lipinski definition) is 5. The number of aliphatic carboxylic acids is 2. The molecule has 1 aliphatic heterocycles. The summed E-state index contributed by atoms with van der Waals surface area (Å²) in [6.45, 7) is 6.93. The summed E-state index contributed by atoms with van der Waals surface area (Å²) in [7, 11) is 0. The van der Waals surface area contributed by atoms with Gasteiger partial charge in [0.1, 0.15) is 5.60 Å². The summed E-state index contributed by atoms with van der Waals surface area (Å²) < 4.78 is 5.46. The smallest absolute Gasteiger partial charge is 0.365 e. The van der Waals surface area contributed by atoms with Gasteiger partial charge in [0.2, 0.25) is 0 Å². The third-order valence-electron chi connectivity index (χ3n) is 3.73. The lowest BCUT2D eigenvalue weighted by Gasteiger charge is -2.22. The first-order valence-electron chi connectivity index (χ1n) is 7.12. The van der Waals surface area contributed by atoms with E-state index in [9.17, 15) is 4.79 Å². The van der Waals surface area contributed by atoms with Crippen molar-refractivity contribution >= 4 is 17.9 Å². The number of carbonyl (C=O) groups is 3. The molecule has 0 radical (unpaired) electrons. The average Bonchev–Trinajstić information content (AvgIpc) is 2.87. The van der Waals surface area contributed by atoms with Crippen molar-refractivity contribution in [3.05, 3.63) is 0 Å². The summed E-state index contributed by atoms with van der Waals surface area (Å²) in [4.78, 5) is 30.0. The molecule has 0 aromatic rings. The van der Waals surface area contributed by atoms with Crippen LogP contribution in [0.15, 0.2) is 0 Å². The second-order valence-corrected chi connectivity index (χ2v) is 6.48. The fraction of sp³-hybridized carbons (Fsp3) is 0.786. The number of carboxylic acid groups (broad SMARTS) is 2. The number of nitrogens with two attached hydrogens (primary N) is 1. The molecule has 21 heavy (non-hydrogen) atoms. The molecular weight excluding hydrogens is 278 g/mol. The van der Waals surface area contributed by atoms with E-state index >= 15 is 0 Å². The van der Waals surface area contributed by atoms with E-state index in [1.165, 1.54) is 19.3 Å². The van der Waals surface area contributed by atoms with Crippen molar-refractivity contribution < 1.29 is 34.7 Å². The minimum atomic E-state index is -2.07. The van der Waals surface area contributed by atoms with E-state index in [1.54, 1.807) is 0 Å². The second kappa shape index (κ2) is 6.89. The van der Waals surface area contributed by atoms with Gasteiger partial charge in [-0.05, 0) is 33.6 Å². The summed E-state index contributed by atoms with van der Waals surface area (Å²) in [5, 5.41) is 18.5. The first-order chi connectivity index (χ1) is 9.61. The molecule has 3 N–H and O–H groups in total. The first-order valence-corrected chi connectivity index (χ1v) is 7.12. The van der Waals surface area contributed by atoms with Gasteiger partial charge in [-0.2, -0.15) is 0 Å². The maximum Gasteiger partial charge on any atom is 0.365 e. The van der Waals surface area contributed by atoms with Crippen LogP contribution in [-0.4, -0.2) is 41.2 Å². The fourth-order valence-electron chi connectivity index (χ4n) is 2.97. The van der Waals surface area contributed by atoms with Crippen molar-refractivity contribution in [2.75, 3.05) is 6.54 Å². The molecule has 0 spiro atoms. The van der Waals surface area contributed by atoms with Crippen molar-refractivity contribution in [1.82, 2.24) is 0 Å². The number of fused-ring (bicyclic) bond motifs is 1. The van der Waals surface area contributed by atoms with Gasteiger partial charge in [-0.3, -0.25) is 0 Å². The van der Waals surface area contributed by atoms with Crippen LogP contribution in [0.2, 0.25) is 0 Å². The Morgan fingerprint density at radius 2 is 1.81 bits per heavy atom. The van der Waals surface area contributed by atoms with E-state index in [-0.39, 0.29) is 17.6 Å². The molecule has 7 nitrogen and oxygen atoms in total. The van der Waals surface area contributed by atoms with Crippen LogP contribution >= 0.6 is 0 Å². The Kier molecular flexibility index (Phi) is 5.71. The van der Waals surface area contributed by atoms with Crippen molar-refractivity contribution in [2.45, 2.75) is 51.7 Å². The lowest BCUT2D eigenvalue weighted by atomic mass is 9.94. The molecule has 2 fully saturated rings. The van der Waals surface area contributed by atoms with E-state index < -0.39 is 11.9 Å². The minimum Gasteiger partial charge on any atom is -0.539 e. The number of rotatable bonds is 1. The van der Waals surface area contributed by atoms with Gasteiger partial charge >= 0.3 is 11.9 Å². The van der Waals surface area contributed by atoms with Crippen LogP contribution in [-0.2, 0) is 19.1 Å². The quantitative estimate of drug-likeness (QED) is 0.450. The van der Waals surface area contributed by atoms with Crippen LogP contribution in [0, 0.1) is 11.8 Å². The molecule has 0 aromatic carbocycles. The summed E-state index contributed by atoms with van der Waals surface area (Å²) in [6, 6.07) is 0.0803. The Bertz CT molecular complexity index is 402. The zero-order chi connectivity index (χ0) is 16.2. The standard InChI is InChI=1S/C12H21NO2.C2H2O4/c1-12(2,3)15-11(14)10-9-6-4-5-8(9)7-13-10;3-1(4)2(5)6/h8-10,13H,4-7H2,1-3H3;(H,3,4)(H,5,6). The molecule has 0 amide bonds. The molecule has 2 aliphatic rings. The number of hydrogen-bond donors (Lipinski definition) is 2. The summed E-state index contributed by atoms with van der Waals surface area (Å²) in [5.41, 5.74) is -0.346. The Morgan fingerprint density at radius 1 is 1.24 bits per heavy atom. The lowest BCUT2D eigenvalue weighted by molar-refractivity contribution is -0.664. The number of carbonyl (C=O) groups excluding carboxylic acids is 2. The van der Waals surface area contributed by atoms with Crippen LogP contribution in [0.5, 0.6) is 0 Å². The predicted octanol–water partition coefficient (Wildman–Crippen LogP) is -1.49. The lowest BCUT2D eigenvalue weighted by Crippen LogP contribution is -2.89. The van der Waals surface area contributed by atoms with Crippen LogP contribution in [0.3, 0.4) is 0 Å². The number of quaternary nitrogens is 1. The Hall–Kier alpha value is -1.63. The van der Waals surface area contributed by atoms with Gasteiger partial charge in [0.25, 0.3) is 0 Å². The summed E-state index contributed by atoms with van der Waals surface area (Å²) >= 11 is 0. The van der Waals surface area contributed by atoms with Gasteiger partial charge in [0.05, 0.1) is 6.54 Å². The van der Waals surface area contributed by atoms with Crippen molar-refractivity contribution in [3.63, 3.8) is 0 Å². The normalized spacial score (nSPS) is 27.3. The molecular formula is C14H23NO6. The SMILES string of the molecule is CC(C)(C)OC(=O)C1[NH2+]CC2CCCC21.O=C([O-])C(=O)O. The fourth-order valence-corrected chi connectivity index (χ4v) is 2.97. The monoisotopic (exact) mass is 301 g/mol. The topological polar surface area (TPSA) is 120 Å². The van der Waals surface area contributed by atoms with Crippen LogP contribution in [0.25, 0.3) is 0 Å². The highest BCUT2D eigenvalue weighted by Gasteiger charge is 2.47. The molecule has 1 aliphatic carbocycles. The van der Waals surface area contributed by atoms with E-state index in [0.717, 1.165) is 12.5 Å².